The SMILES string of the molecule is CCOC1CCCN(Cc2nc3cc(-c4ccc(OC)cc4)sc3c(=O)[nH]2)C1. The summed E-state index contributed by atoms with van der Waals surface area (Å²) in [6.07, 6.45) is 2.48. The maximum Gasteiger partial charge on any atom is 0.268 e. The van der Waals surface area contributed by atoms with E-state index < -0.39 is 0 Å². The van der Waals surface area contributed by atoms with Crippen LogP contribution in [-0.2, 0) is 11.3 Å². The maximum absolute atomic E-state index is 12.6. The number of benzene rings is 1. The van der Waals surface area contributed by atoms with E-state index in [1.54, 1.807) is 7.11 Å². The average Bonchev–Trinajstić information content (AvgIpc) is 3.13. The number of fused-ring (bicyclic) bond motifs is 1. The second-order valence-electron chi connectivity index (χ2n) is 7.02. The van der Waals surface area contributed by atoms with Gasteiger partial charge in [0.05, 0.1) is 25.3 Å². The highest BCUT2D eigenvalue weighted by molar-refractivity contribution is 7.22. The van der Waals surface area contributed by atoms with Gasteiger partial charge in [-0.3, -0.25) is 9.69 Å². The summed E-state index contributed by atoms with van der Waals surface area (Å²) in [6, 6.07) is 9.85. The van der Waals surface area contributed by atoms with Crippen molar-refractivity contribution in [2.75, 3.05) is 26.8 Å². The quantitative estimate of drug-likeness (QED) is 0.685. The van der Waals surface area contributed by atoms with E-state index in [9.17, 15) is 4.79 Å². The van der Waals surface area contributed by atoms with Gasteiger partial charge in [0, 0.05) is 18.0 Å². The van der Waals surface area contributed by atoms with Crippen molar-refractivity contribution in [3.05, 3.63) is 46.5 Å². The van der Waals surface area contributed by atoms with Gasteiger partial charge in [-0.2, -0.15) is 0 Å². The molecule has 0 amide bonds. The number of hydrogen-bond donors (Lipinski definition) is 1. The average molecular weight is 400 g/mol. The summed E-state index contributed by atoms with van der Waals surface area (Å²) in [5, 5.41) is 0. The number of hydrogen-bond acceptors (Lipinski definition) is 6. The van der Waals surface area contributed by atoms with Crippen molar-refractivity contribution in [3.63, 3.8) is 0 Å². The number of H-pyrrole nitrogens is 1. The third-order valence-electron chi connectivity index (χ3n) is 5.04. The van der Waals surface area contributed by atoms with E-state index in [0.717, 1.165) is 54.2 Å². The van der Waals surface area contributed by atoms with Crippen molar-refractivity contribution in [2.45, 2.75) is 32.4 Å². The molecular formula is C21H25N3O3S. The Kier molecular flexibility index (Phi) is 5.75. The van der Waals surface area contributed by atoms with Gasteiger partial charge < -0.3 is 14.5 Å². The van der Waals surface area contributed by atoms with Gasteiger partial charge in [0.1, 0.15) is 16.3 Å². The molecule has 1 aliphatic rings. The minimum Gasteiger partial charge on any atom is -0.497 e. The Morgan fingerprint density at radius 3 is 2.89 bits per heavy atom. The Labute approximate surface area is 168 Å². The summed E-state index contributed by atoms with van der Waals surface area (Å²) in [6.45, 7) is 5.30. The molecule has 1 unspecified atom stereocenters. The van der Waals surface area contributed by atoms with Crippen LogP contribution < -0.4 is 10.3 Å². The number of nitrogens with zero attached hydrogens (tertiary/aromatic N) is 2. The zero-order valence-electron chi connectivity index (χ0n) is 16.2. The third kappa shape index (κ3) is 4.11. The van der Waals surface area contributed by atoms with Crippen molar-refractivity contribution < 1.29 is 9.47 Å². The molecule has 0 aliphatic carbocycles. The third-order valence-corrected chi connectivity index (χ3v) is 6.22. The Morgan fingerprint density at radius 1 is 1.32 bits per heavy atom. The van der Waals surface area contributed by atoms with E-state index in [1.165, 1.54) is 11.3 Å². The number of nitrogens with one attached hydrogen (secondary N) is 1. The van der Waals surface area contributed by atoms with Gasteiger partial charge in [-0.15, -0.1) is 11.3 Å². The molecule has 3 aromatic rings. The summed E-state index contributed by atoms with van der Waals surface area (Å²) in [7, 11) is 1.65. The molecule has 1 aromatic carbocycles. The molecule has 3 heterocycles. The standard InChI is InChI=1S/C21H25N3O3S/c1-3-27-16-5-4-10-24(12-16)13-19-22-17-11-18(28-20(17)21(25)23-19)14-6-8-15(26-2)9-7-14/h6-9,11,16H,3-5,10,12-13H2,1-2H3,(H,22,23,25). The zero-order chi connectivity index (χ0) is 19.5. The number of aromatic amines is 1. The second-order valence-corrected chi connectivity index (χ2v) is 8.07. The number of methoxy groups -OCH3 is 1. The topological polar surface area (TPSA) is 67.5 Å². The van der Waals surface area contributed by atoms with Crippen LogP contribution in [0.2, 0.25) is 0 Å². The van der Waals surface area contributed by atoms with Crippen molar-refractivity contribution in [1.82, 2.24) is 14.9 Å². The van der Waals surface area contributed by atoms with Crippen molar-refractivity contribution in [1.29, 1.82) is 0 Å². The highest BCUT2D eigenvalue weighted by Gasteiger charge is 2.21. The monoisotopic (exact) mass is 399 g/mol. The first-order valence-electron chi connectivity index (χ1n) is 9.67. The van der Waals surface area contributed by atoms with Gasteiger partial charge in [-0.05, 0) is 62.2 Å². The number of likely N-dealkylation sites (tertiary alicyclic amines) is 1. The molecule has 1 saturated heterocycles. The first-order chi connectivity index (χ1) is 13.7. The molecule has 0 bridgehead atoms. The number of piperidine rings is 1. The largest absolute Gasteiger partial charge is 0.497 e. The normalized spacial score (nSPS) is 17.9. The van der Waals surface area contributed by atoms with Crippen LogP contribution in [0.4, 0.5) is 0 Å². The maximum atomic E-state index is 12.6. The van der Waals surface area contributed by atoms with Crippen LogP contribution in [0, 0.1) is 0 Å². The lowest BCUT2D eigenvalue weighted by atomic mass is 10.1. The number of aromatic nitrogens is 2. The lowest BCUT2D eigenvalue weighted by Crippen LogP contribution is -2.39. The van der Waals surface area contributed by atoms with Crippen LogP contribution in [0.5, 0.6) is 5.75 Å². The first-order valence-corrected chi connectivity index (χ1v) is 10.5. The van der Waals surface area contributed by atoms with E-state index in [1.807, 2.05) is 37.3 Å². The molecular weight excluding hydrogens is 374 g/mol. The van der Waals surface area contributed by atoms with E-state index in [-0.39, 0.29) is 11.7 Å². The second kappa shape index (κ2) is 8.43. The summed E-state index contributed by atoms with van der Waals surface area (Å²) in [5.74, 6) is 1.53. The van der Waals surface area contributed by atoms with Crippen molar-refractivity contribution in [2.24, 2.45) is 0 Å². The van der Waals surface area contributed by atoms with Crippen LogP contribution in [0.25, 0.3) is 20.7 Å². The van der Waals surface area contributed by atoms with Gasteiger partial charge in [0.25, 0.3) is 5.56 Å². The summed E-state index contributed by atoms with van der Waals surface area (Å²) >= 11 is 1.47. The number of rotatable bonds is 6. The summed E-state index contributed by atoms with van der Waals surface area (Å²) < 4.78 is 11.7. The van der Waals surface area contributed by atoms with E-state index in [4.69, 9.17) is 14.5 Å². The first kappa shape index (κ1) is 19.1. The summed E-state index contributed by atoms with van der Waals surface area (Å²) in [5.41, 5.74) is 1.75. The Hall–Kier alpha value is -2.22. The zero-order valence-corrected chi connectivity index (χ0v) is 17.1. The minimum absolute atomic E-state index is 0.0665. The lowest BCUT2D eigenvalue weighted by Gasteiger charge is -2.31. The van der Waals surface area contributed by atoms with Crippen molar-refractivity contribution >= 4 is 21.6 Å². The predicted molar refractivity (Wildman–Crippen MR) is 112 cm³/mol. The van der Waals surface area contributed by atoms with Gasteiger partial charge in [0.2, 0.25) is 0 Å². The molecule has 1 N–H and O–H groups in total. The fraction of sp³-hybridized carbons (Fsp3) is 0.429. The molecule has 1 atom stereocenters. The van der Waals surface area contributed by atoms with Gasteiger partial charge in [0.15, 0.2) is 0 Å². The van der Waals surface area contributed by atoms with Gasteiger partial charge >= 0.3 is 0 Å². The molecule has 6 nitrogen and oxygen atoms in total. The fourth-order valence-electron chi connectivity index (χ4n) is 3.70. The molecule has 2 aromatic heterocycles. The van der Waals surface area contributed by atoms with Crippen LogP contribution in [-0.4, -0.2) is 47.8 Å². The highest BCUT2D eigenvalue weighted by atomic mass is 32.1. The van der Waals surface area contributed by atoms with E-state index in [0.29, 0.717) is 17.1 Å². The minimum atomic E-state index is -0.0665. The molecule has 148 valence electrons. The molecule has 1 aliphatic heterocycles. The van der Waals surface area contributed by atoms with Crippen LogP contribution in [0.1, 0.15) is 25.6 Å². The number of thiophene rings is 1. The smallest absolute Gasteiger partial charge is 0.268 e. The molecule has 28 heavy (non-hydrogen) atoms. The Bertz CT molecular complexity index is 994. The number of ether oxygens (including phenoxy) is 2. The molecule has 7 heteroatoms. The fourth-order valence-corrected chi connectivity index (χ4v) is 4.70. The molecule has 0 saturated carbocycles. The molecule has 1 fully saturated rings. The Balaban J connectivity index is 1.57. The van der Waals surface area contributed by atoms with E-state index in [2.05, 4.69) is 9.88 Å². The Morgan fingerprint density at radius 2 is 2.14 bits per heavy atom. The van der Waals surface area contributed by atoms with Crippen LogP contribution >= 0.6 is 11.3 Å². The highest BCUT2D eigenvalue weighted by Crippen LogP contribution is 2.32. The van der Waals surface area contributed by atoms with Crippen LogP contribution in [0.15, 0.2) is 35.1 Å². The molecule has 4 rings (SSSR count). The predicted octanol–water partition coefficient (Wildman–Crippen LogP) is 3.66. The summed E-state index contributed by atoms with van der Waals surface area (Å²) in [4.78, 5) is 23.6. The van der Waals surface area contributed by atoms with Gasteiger partial charge in [-0.25, -0.2) is 4.98 Å². The van der Waals surface area contributed by atoms with Gasteiger partial charge in [-0.1, -0.05) is 0 Å². The van der Waals surface area contributed by atoms with Crippen molar-refractivity contribution in [3.8, 4) is 16.2 Å². The molecule has 0 radical (unpaired) electrons. The van der Waals surface area contributed by atoms with E-state index >= 15 is 0 Å². The lowest BCUT2D eigenvalue weighted by molar-refractivity contribution is 0.00298. The van der Waals surface area contributed by atoms with Crippen LogP contribution in [0.3, 0.4) is 0 Å². The molecule has 0 spiro atoms.